The minimum atomic E-state index is -0.446. The van der Waals surface area contributed by atoms with Crippen LogP contribution in [-0.4, -0.2) is 16.8 Å². The van der Waals surface area contributed by atoms with E-state index in [1.807, 2.05) is 18.2 Å². The summed E-state index contributed by atoms with van der Waals surface area (Å²) in [6.07, 6.45) is 0. The van der Waals surface area contributed by atoms with Gasteiger partial charge in [-0.15, -0.1) is 0 Å². The van der Waals surface area contributed by atoms with Crippen LogP contribution in [0.15, 0.2) is 71.5 Å². The van der Waals surface area contributed by atoms with Crippen molar-refractivity contribution in [3.05, 3.63) is 93.5 Å². The molecule has 4 rings (SSSR count). The van der Waals surface area contributed by atoms with Crippen LogP contribution < -0.4 is 15.7 Å². The maximum atomic E-state index is 14.2. The second-order valence-electron chi connectivity index (χ2n) is 6.36. The first-order valence-corrected chi connectivity index (χ1v) is 9.29. The van der Waals surface area contributed by atoms with E-state index < -0.39 is 5.82 Å². The average Bonchev–Trinajstić information content (AvgIpc) is 2.74. The van der Waals surface area contributed by atoms with E-state index in [1.165, 1.54) is 16.8 Å². The normalized spacial score (nSPS) is 10.9. The molecule has 0 aliphatic rings. The summed E-state index contributed by atoms with van der Waals surface area (Å²) in [5.41, 5.74) is 4.26. The molecule has 1 heterocycles. The maximum absolute atomic E-state index is 14.2. The van der Waals surface area contributed by atoms with Crippen LogP contribution in [-0.2, 0) is 6.54 Å². The van der Waals surface area contributed by atoms with Crippen LogP contribution in [0.1, 0.15) is 5.56 Å². The van der Waals surface area contributed by atoms with Gasteiger partial charge in [0.2, 0.25) is 0 Å². The maximum Gasteiger partial charge on any atom is 0.280 e. The van der Waals surface area contributed by atoms with Crippen LogP contribution in [0.25, 0.3) is 22.3 Å². The Labute approximate surface area is 171 Å². The Hall–Kier alpha value is -3.38. The summed E-state index contributed by atoms with van der Waals surface area (Å²) in [7, 11) is 1.58. The third-order valence-corrected chi connectivity index (χ3v) is 4.95. The quantitative estimate of drug-likeness (QED) is 0.523. The van der Waals surface area contributed by atoms with Gasteiger partial charge >= 0.3 is 0 Å². The molecule has 0 spiro atoms. The first-order valence-electron chi connectivity index (χ1n) is 8.91. The zero-order chi connectivity index (χ0) is 20.4. The number of hydrogen-bond acceptors (Lipinski definition) is 4. The number of ether oxygens (including phenoxy) is 1. The Kier molecular flexibility index (Phi) is 5.18. The molecule has 0 aliphatic carbocycles. The van der Waals surface area contributed by atoms with Gasteiger partial charge in [-0.1, -0.05) is 29.8 Å². The number of rotatable bonds is 5. The van der Waals surface area contributed by atoms with E-state index in [0.717, 1.165) is 0 Å². The van der Waals surface area contributed by atoms with Gasteiger partial charge in [0.1, 0.15) is 11.6 Å². The van der Waals surface area contributed by atoms with Crippen LogP contribution in [0.2, 0.25) is 5.02 Å². The van der Waals surface area contributed by atoms with Crippen molar-refractivity contribution in [1.29, 1.82) is 0 Å². The van der Waals surface area contributed by atoms with Crippen LogP contribution in [0.5, 0.6) is 5.75 Å². The zero-order valence-electron chi connectivity index (χ0n) is 15.5. The summed E-state index contributed by atoms with van der Waals surface area (Å²) < 4.78 is 20.7. The second-order valence-corrected chi connectivity index (χ2v) is 6.76. The molecule has 3 aromatic carbocycles. The third kappa shape index (κ3) is 3.67. The van der Waals surface area contributed by atoms with Crippen LogP contribution in [0.3, 0.4) is 0 Å². The molecule has 1 aromatic heterocycles. The molecule has 0 saturated heterocycles. The number of para-hydroxylation sites is 1. The first-order chi connectivity index (χ1) is 14.1. The molecule has 0 radical (unpaired) electrons. The molecule has 29 heavy (non-hydrogen) atoms. The third-order valence-electron chi connectivity index (χ3n) is 4.60. The van der Waals surface area contributed by atoms with E-state index in [1.54, 1.807) is 43.5 Å². The summed E-state index contributed by atoms with van der Waals surface area (Å²) in [6.45, 7) is 0.0224. The SMILES string of the molecule is COc1ccc(-c2nc3ccccc3c(=O)n2NCc2c(F)cccc2Cl)cc1. The van der Waals surface area contributed by atoms with Crippen molar-refractivity contribution in [2.75, 3.05) is 12.5 Å². The molecule has 0 amide bonds. The number of hydrogen-bond donors (Lipinski definition) is 1. The molecular formula is C22H17ClFN3O2. The second kappa shape index (κ2) is 7.93. The predicted molar refractivity (Wildman–Crippen MR) is 112 cm³/mol. The number of methoxy groups -OCH3 is 1. The fraction of sp³-hybridized carbons (Fsp3) is 0.0909. The van der Waals surface area contributed by atoms with Crippen LogP contribution >= 0.6 is 11.6 Å². The molecule has 0 bridgehead atoms. The van der Waals surface area contributed by atoms with Crippen molar-refractivity contribution in [3.63, 3.8) is 0 Å². The highest BCUT2D eigenvalue weighted by Crippen LogP contribution is 2.23. The first kappa shape index (κ1) is 19.0. The van der Waals surface area contributed by atoms with Gasteiger partial charge in [-0.2, -0.15) is 0 Å². The minimum absolute atomic E-state index is 0.0224. The molecule has 0 saturated carbocycles. The Morgan fingerprint density at radius 3 is 2.55 bits per heavy atom. The number of nitrogens with one attached hydrogen (secondary N) is 1. The van der Waals surface area contributed by atoms with Crippen molar-refractivity contribution in [2.45, 2.75) is 6.54 Å². The standard InChI is InChI=1S/C22H17ClFN3O2/c1-29-15-11-9-14(10-12-15)21-26-20-8-3-2-5-16(20)22(28)27(21)25-13-17-18(23)6-4-7-19(17)24/h2-12,25H,13H2,1H3. The van der Waals surface area contributed by atoms with Gasteiger partial charge in [-0.25, -0.2) is 14.1 Å². The summed E-state index contributed by atoms with van der Waals surface area (Å²) in [6, 6.07) is 18.7. The molecule has 1 N–H and O–H groups in total. The van der Waals surface area contributed by atoms with Crippen LogP contribution in [0.4, 0.5) is 4.39 Å². The number of halogens is 2. The Morgan fingerprint density at radius 1 is 1.07 bits per heavy atom. The van der Waals surface area contributed by atoms with E-state index in [0.29, 0.717) is 28.0 Å². The minimum Gasteiger partial charge on any atom is -0.497 e. The van der Waals surface area contributed by atoms with E-state index >= 15 is 0 Å². The molecule has 5 nitrogen and oxygen atoms in total. The van der Waals surface area contributed by atoms with E-state index in [4.69, 9.17) is 16.3 Å². The zero-order valence-corrected chi connectivity index (χ0v) is 16.3. The summed E-state index contributed by atoms with van der Waals surface area (Å²) in [5, 5.41) is 0.738. The van der Waals surface area contributed by atoms with Crippen molar-refractivity contribution in [3.8, 4) is 17.1 Å². The highest BCUT2D eigenvalue weighted by molar-refractivity contribution is 6.31. The predicted octanol–water partition coefficient (Wildman–Crippen LogP) is 4.61. The smallest absolute Gasteiger partial charge is 0.280 e. The average molecular weight is 410 g/mol. The van der Waals surface area contributed by atoms with E-state index in [2.05, 4.69) is 10.4 Å². The molecular weight excluding hydrogens is 393 g/mol. The molecule has 0 fully saturated rings. The lowest BCUT2D eigenvalue weighted by Crippen LogP contribution is -2.31. The number of benzene rings is 3. The van der Waals surface area contributed by atoms with Gasteiger partial charge in [-0.05, 0) is 48.5 Å². The highest BCUT2D eigenvalue weighted by Gasteiger charge is 2.14. The lowest BCUT2D eigenvalue weighted by molar-refractivity contribution is 0.415. The van der Waals surface area contributed by atoms with Crippen molar-refractivity contribution >= 4 is 22.5 Å². The van der Waals surface area contributed by atoms with E-state index in [-0.39, 0.29) is 22.7 Å². The van der Waals surface area contributed by atoms with Crippen molar-refractivity contribution in [1.82, 2.24) is 9.66 Å². The monoisotopic (exact) mass is 409 g/mol. The molecule has 7 heteroatoms. The fourth-order valence-corrected chi connectivity index (χ4v) is 3.30. The Morgan fingerprint density at radius 2 is 1.83 bits per heavy atom. The number of nitrogens with zero attached hydrogens (tertiary/aromatic N) is 2. The molecule has 0 atom stereocenters. The van der Waals surface area contributed by atoms with Gasteiger partial charge in [0.15, 0.2) is 5.82 Å². The summed E-state index contributed by atoms with van der Waals surface area (Å²) in [4.78, 5) is 17.8. The molecule has 0 aliphatic heterocycles. The van der Waals surface area contributed by atoms with Gasteiger partial charge in [-0.3, -0.25) is 4.79 Å². The molecule has 4 aromatic rings. The Bertz CT molecular complexity index is 1220. The summed E-state index contributed by atoms with van der Waals surface area (Å²) >= 11 is 6.12. The van der Waals surface area contributed by atoms with Gasteiger partial charge in [0.05, 0.1) is 24.6 Å². The number of fused-ring (bicyclic) bond motifs is 1. The summed E-state index contributed by atoms with van der Waals surface area (Å²) in [5.74, 6) is 0.649. The van der Waals surface area contributed by atoms with Gasteiger partial charge < -0.3 is 10.2 Å². The highest BCUT2D eigenvalue weighted by atomic mass is 35.5. The van der Waals surface area contributed by atoms with Crippen LogP contribution in [0, 0.1) is 5.82 Å². The number of aromatic nitrogens is 2. The van der Waals surface area contributed by atoms with Crippen molar-refractivity contribution < 1.29 is 9.13 Å². The molecule has 0 unspecified atom stereocenters. The molecule has 146 valence electrons. The topological polar surface area (TPSA) is 56.1 Å². The lowest BCUT2D eigenvalue weighted by Gasteiger charge is -2.16. The van der Waals surface area contributed by atoms with Gasteiger partial charge in [0.25, 0.3) is 5.56 Å². The largest absolute Gasteiger partial charge is 0.497 e. The van der Waals surface area contributed by atoms with E-state index in [9.17, 15) is 9.18 Å². The van der Waals surface area contributed by atoms with Crippen molar-refractivity contribution in [2.24, 2.45) is 0 Å². The fourth-order valence-electron chi connectivity index (χ4n) is 3.07. The van der Waals surface area contributed by atoms with Gasteiger partial charge in [0, 0.05) is 16.1 Å². The lowest BCUT2D eigenvalue weighted by atomic mass is 10.2. The Balaban J connectivity index is 1.84.